The van der Waals surface area contributed by atoms with E-state index in [1.165, 1.54) is 6.20 Å². The lowest BCUT2D eigenvalue weighted by Crippen LogP contribution is -2.33. The van der Waals surface area contributed by atoms with Crippen molar-refractivity contribution in [2.24, 2.45) is 5.41 Å². The zero-order chi connectivity index (χ0) is 10.8. The highest BCUT2D eigenvalue weighted by Gasteiger charge is 2.20. The second kappa shape index (κ2) is 3.82. The van der Waals surface area contributed by atoms with Crippen LogP contribution in [0.25, 0.3) is 0 Å². The standard InChI is InChI=1S/C10H17N3O/c1-7(10(2,3)4)13-8-9(14)12-6-5-11-8/h5-7H,1-4H3,(H,11,13)(H,12,14). The third-order valence-electron chi connectivity index (χ3n) is 2.36. The molecule has 0 aliphatic rings. The van der Waals surface area contributed by atoms with E-state index in [4.69, 9.17) is 0 Å². The molecular formula is C10H17N3O. The Morgan fingerprint density at radius 3 is 2.64 bits per heavy atom. The number of aromatic amines is 1. The summed E-state index contributed by atoms with van der Waals surface area (Å²) >= 11 is 0. The molecule has 0 aliphatic carbocycles. The first-order valence-corrected chi connectivity index (χ1v) is 4.71. The van der Waals surface area contributed by atoms with Crippen molar-refractivity contribution in [3.05, 3.63) is 22.7 Å². The molecule has 0 aliphatic heterocycles. The molecule has 1 unspecified atom stereocenters. The highest BCUT2D eigenvalue weighted by Crippen LogP contribution is 2.20. The smallest absolute Gasteiger partial charge is 0.290 e. The highest BCUT2D eigenvalue weighted by atomic mass is 16.1. The van der Waals surface area contributed by atoms with E-state index in [-0.39, 0.29) is 17.0 Å². The van der Waals surface area contributed by atoms with E-state index in [0.717, 1.165) is 0 Å². The van der Waals surface area contributed by atoms with Gasteiger partial charge in [0.15, 0.2) is 5.82 Å². The SMILES string of the molecule is CC(Nc1ncc[nH]c1=O)C(C)(C)C. The first kappa shape index (κ1) is 10.8. The number of hydrogen-bond donors (Lipinski definition) is 2. The van der Waals surface area contributed by atoms with Gasteiger partial charge in [0.05, 0.1) is 0 Å². The number of hydrogen-bond acceptors (Lipinski definition) is 3. The van der Waals surface area contributed by atoms with Crippen LogP contribution in [0, 0.1) is 5.41 Å². The Labute approximate surface area is 83.8 Å². The van der Waals surface area contributed by atoms with Crippen LogP contribution in [-0.2, 0) is 0 Å². The molecule has 0 saturated heterocycles. The summed E-state index contributed by atoms with van der Waals surface area (Å²) in [4.78, 5) is 17.9. The number of anilines is 1. The second-order valence-electron chi connectivity index (χ2n) is 4.50. The fraction of sp³-hybridized carbons (Fsp3) is 0.600. The van der Waals surface area contributed by atoms with Crippen molar-refractivity contribution in [2.75, 3.05) is 5.32 Å². The quantitative estimate of drug-likeness (QED) is 0.753. The minimum absolute atomic E-state index is 0.101. The summed E-state index contributed by atoms with van der Waals surface area (Å²) in [6, 6.07) is 0.193. The number of H-pyrrole nitrogens is 1. The van der Waals surface area contributed by atoms with Crippen molar-refractivity contribution in [3.8, 4) is 0 Å². The Bertz CT molecular complexity index is 351. The van der Waals surface area contributed by atoms with Gasteiger partial charge in [0, 0.05) is 18.4 Å². The fourth-order valence-corrected chi connectivity index (χ4v) is 0.876. The van der Waals surface area contributed by atoms with Crippen molar-refractivity contribution >= 4 is 5.82 Å². The Balaban J connectivity index is 2.80. The van der Waals surface area contributed by atoms with E-state index in [1.807, 2.05) is 6.92 Å². The van der Waals surface area contributed by atoms with Gasteiger partial charge < -0.3 is 10.3 Å². The van der Waals surface area contributed by atoms with Gasteiger partial charge in [0.1, 0.15) is 0 Å². The summed E-state index contributed by atoms with van der Waals surface area (Å²) in [6.07, 6.45) is 3.09. The molecule has 1 heterocycles. The molecule has 0 amide bonds. The molecule has 0 spiro atoms. The maximum atomic E-state index is 11.3. The zero-order valence-electron chi connectivity index (χ0n) is 9.09. The van der Waals surface area contributed by atoms with Gasteiger partial charge in [-0.2, -0.15) is 0 Å². The maximum Gasteiger partial charge on any atom is 0.290 e. The van der Waals surface area contributed by atoms with Crippen LogP contribution in [0.5, 0.6) is 0 Å². The second-order valence-corrected chi connectivity index (χ2v) is 4.50. The third kappa shape index (κ3) is 2.58. The Kier molecular flexibility index (Phi) is 2.93. The fourth-order valence-electron chi connectivity index (χ4n) is 0.876. The van der Waals surface area contributed by atoms with Crippen LogP contribution in [-0.4, -0.2) is 16.0 Å². The molecule has 1 aromatic rings. The first-order valence-electron chi connectivity index (χ1n) is 4.71. The van der Waals surface area contributed by atoms with Gasteiger partial charge in [-0.1, -0.05) is 20.8 Å². The van der Waals surface area contributed by atoms with Gasteiger partial charge in [-0.05, 0) is 12.3 Å². The average Bonchev–Trinajstić information content (AvgIpc) is 2.07. The molecule has 1 aromatic heterocycles. The lowest BCUT2D eigenvalue weighted by molar-refractivity contribution is 0.358. The van der Waals surface area contributed by atoms with E-state index in [9.17, 15) is 4.79 Å². The molecular weight excluding hydrogens is 178 g/mol. The molecule has 0 fully saturated rings. The highest BCUT2D eigenvalue weighted by molar-refractivity contribution is 5.31. The predicted octanol–water partition coefficient (Wildman–Crippen LogP) is 1.62. The van der Waals surface area contributed by atoms with Crippen LogP contribution < -0.4 is 10.9 Å². The van der Waals surface area contributed by atoms with Crippen molar-refractivity contribution < 1.29 is 0 Å². The molecule has 14 heavy (non-hydrogen) atoms. The van der Waals surface area contributed by atoms with Crippen LogP contribution in [0.3, 0.4) is 0 Å². The number of aromatic nitrogens is 2. The van der Waals surface area contributed by atoms with E-state index >= 15 is 0 Å². The van der Waals surface area contributed by atoms with Gasteiger partial charge in [-0.3, -0.25) is 4.79 Å². The van der Waals surface area contributed by atoms with Crippen molar-refractivity contribution in [3.63, 3.8) is 0 Å². The summed E-state index contributed by atoms with van der Waals surface area (Å²) in [5.41, 5.74) is -0.0761. The Hall–Kier alpha value is -1.32. The van der Waals surface area contributed by atoms with Gasteiger partial charge >= 0.3 is 0 Å². The van der Waals surface area contributed by atoms with Crippen LogP contribution in [0.2, 0.25) is 0 Å². The summed E-state index contributed by atoms with van der Waals surface area (Å²) in [6.45, 7) is 8.37. The van der Waals surface area contributed by atoms with Gasteiger partial charge in [0.25, 0.3) is 5.56 Å². The molecule has 4 nitrogen and oxygen atoms in total. The summed E-state index contributed by atoms with van der Waals surface area (Å²) in [5, 5.41) is 3.10. The minimum atomic E-state index is -0.177. The molecule has 78 valence electrons. The van der Waals surface area contributed by atoms with Crippen LogP contribution >= 0.6 is 0 Å². The van der Waals surface area contributed by atoms with Gasteiger partial charge in [-0.15, -0.1) is 0 Å². The molecule has 1 atom stereocenters. The third-order valence-corrected chi connectivity index (χ3v) is 2.36. The van der Waals surface area contributed by atoms with Crippen LogP contribution in [0.1, 0.15) is 27.7 Å². The van der Waals surface area contributed by atoms with Gasteiger partial charge in [0.2, 0.25) is 0 Å². The number of nitrogens with one attached hydrogen (secondary N) is 2. The number of nitrogens with zero attached hydrogens (tertiary/aromatic N) is 1. The van der Waals surface area contributed by atoms with E-state index in [1.54, 1.807) is 6.20 Å². The molecule has 0 aromatic carbocycles. The zero-order valence-corrected chi connectivity index (χ0v) is 9.09. The minimum Gasteiger partial charge on any atom is -0.362 e. The molecule has 1 rings (SSSR count). The first-order chi connectivity index (χ1) is 6.41. The predicted molar refractivity (Wildman–Crippen MR) is 57.4 cm³/mol. The molecule has 0 saturated carbocycles. The average molecular weight is 195 g/mol. The lowest BCUT2D eigenvalue weighted by Gasteiger charge is -2.28. The Morgan fingerprint density at radius 1 is 1.50 bits per heavy atom. The van der Waals surface area contributed by atoms with Crippen LogP contribution in [0.4, 0.5) is 5.82 Å². The monoisotopic (exact) mass is 195 g/mol. The van der Waals surface area contributed by atoms with Crippen molar-refractivity contribution in [1.82, 2.24) is 9.97 Å². The molecule has 0 radical (unpaired) electrons. The Morgan fingerprint density at radius 2 is 2.14 bits per heavy atom. The number of rotatable bonds is 2. The van der Waals surface area contributed by atoms with Crippen molar-refractivity contribution in [1.29, 1.82) is 0 Å². The summed E-state index contributed by atoms with van der Waals surface area (Å²) in [7, 11) is 0. The van der Waals surface area contributed by atoms with Crippen molar-refractivity contribution in [2.45, 2.75) is 33.7 Å². The normalized spacial score (nSPS) is 13.7. The molecule has 2 N–H and O–H groups in total. The van der Waals surface area contributed by atoms with Crippen LogP contribution in [0.15, 0.2) is 17.2 Å². The lowest BCUT2D eigenvalue weighted by atomic mass is 9.88. The largest absolute Gasteiger partial charge is 0.362 e. The maximum absolute atomic E-state index is 11.3. The summed E-state index contributed by atoms with van der Waals surface area (Å²) in [5.74, 6) is 0.384. The summed E-state index contributed by atoms with van der Waals surface area (Å²) < 4.78 is 0. The van der Waals surface area contributed by atoms with E-state index in [0.29, 0.717) is 5.82 Å². The molecule has 4 heteroatoms. The topological polar surface area (TPSA) is 57.8 Å². The van der Waals surface area contributed by atoms with Gasteiger partial charge in [-0.25, -0.2) is 4.98 Å². The molecule has 0 bridgehead atoms. The van der Waals surface area contributed by atoms with E-state index < -0.39 is 0 Å². The van der Waals surface area contributed by atoms with E-state index in [2.05, 4.69) is 36.1 Å².